The van der Waals surface area contributed by atoms with Crippen LogP contribution in [0.3, 0.4) is 0 Å². The fourth-order valence-corrected chi connectivity index (χ4v) is 7.19. The Labute approximate surface area is 244 Å². The van der Waals surface area contributed by atoms with Crippen molar-refractivity contribution in [3.63, 3.8) is 0 Å². The van der Waals surface area contributed by atoms with E-state index in [4.69, 9.17) is 4.74 Å². The molecule has 1 aliphatic heterocycles. The van der Waals surface area contributed by atoms with Gasteiger partial charge in [-0.15, -0.1) is 0 Å². The smallest absolute Gasteiger partial charge is 0.407 e. The molecule has 2 N–H and O–H groups in total. The Balaban J connectivity index is 1.10. The molecule has 0 fully saturated rings. The standard InChI is InChI=1S/C33H30N2O6S/c1-21-10-14-25(15-11-21)42(39,40)35-18-23-13-12-22(16-24(23)19-35)17-31(32(36)37)34-33(38)41-20-30-28-8-4-2-6-26(28)27-7-3-5-9-29(27)30/h2-16,30-31H,17-20H2,1H3,(H,34,38)(H,36,37). The van der Waals surface area contributed by atoms with E-state index in [9.17, 15) is 23.1 Å². The first-order chi connectivity index (χ1) is 20.2. The molecule has 1 unspecified atom stereocenters. The van der Waals surface area contributed by atoms with Gasteiger partial charge in [-0.3, -0.25) is 0 Å². The van der Waals surface area contributed by atoms with E-state index in [0.717, 1.165) is 38.9 Å². The molecular weight excluding hydrogens is 552 g/mol. The molecule has 4 aromatic rings. The Morgan fingerprint density at radius 2 is 1.52 bits per heavy atom. The van der Waals surface area contributed by atoms with Gasteiger partial charge in [0.05, 0.1) is 4.90 Å². The van der Waals surface area contributed by atoms with Gasteiger partial charge in [-0.25, -0.2) is 18.0 Å². The number of ether oxygens (including phenoxy) is 1. The number of carboxylic acids is 1. The van der Waals surface area contributed by atoms with E-state index < -0.39 is 28.1 Å². The van der Waals surface area contributed by atoms with E-state index in [-0.39, 0.29) is 36.9 Å². The number of alkyl carbamates (subject to hydrolysis) is 1. The topological polar surface area (TPSA) is 113 Å². The Morgan fingerprint density at radius 1 is 0.905 bits per heavy atom. The van der Waals surface area contributed by atoms with Crippen LogP contribution in [0.15, 0.2) is 95.9 Å². The first-order valence-corrected chi connectivity index (χ1v) is 15.2. The van der Waals surface area contributed by atoms with Crippen molar-refractivity contribution in [3.8, 4) is 11.1 Å². The summed E-state index contributed by atoms with van der Waals surface area (Å²) in [6, 6.07) is 26.9. The van der Waals surface area contributed by atoms with Crippen molar-refractivity contribution in [3.05, 3.63) is 124 Å². The zero-order valence-electron chi connectivity index (χ0n) is 23.0. The zero-order chi connectivity index (χ0) is 29.4. The summed E-state index contributed by atoms with van der Waals surface area (Å²) in [6.45, 7) is 2.41. The molecule has 42 heavy (non-hydrogen) atoms. The third kappa shape index (κ3) is 5.29. The number of amides is 1. The number of aliphatic carboxylic acids is 1. The van der Waals surface area contributed by atoms with Crippen LogP contribution in [0.1, 0.15) is 39.3 Å². The molecule has 1 amide bonds. The second-order valence-corrected chi connectivity index (χ2v) is 12.7. The number of carboxylic acid groups (broad SMARTS) is 1. The third-order valence-electron chi connectivity index (χ3n) is 8.00. The summed E-state index contributed by atoms with van der Waals surface area (Å²) in [5.41, 5.74) is 7.67. The Kier molecular flexibility index (Phi) is 7.30. The number of nitrogens with zero attached hydrogens (tertiary/aromatic N) is 1. The van der Waals surface area contributed by atoms with Gasteiger partial charge in [0.25, 0.3) is 0 Å². The SMILES string of the molecule is Cc1ccc(S(=O)(=O)N2Cc3ccc(CC(NC(=O)OCC4c5ccccc5-c5ccccc54)C(=O)O)cc3C2)cc1. The molecule has 0 aromatic heterocycles. The van der Waals surface area contributed by atoms with E-state index >= 15 is 0 Å². The molecule has 0 bridgehead atoms. The van der Waals surface area contributed by atoms with Crippen LogP contribution in [-0.2, 0) is 39.1 Å². The molecule has 0 saturated carbocycles. The minimum Gasteiger partial charge on any atom is -0.480 e. The highest BCUT2D eigenvalue weighted by Gasteiger charge is 2.32. The maximum absolute atomic E-state index is 13.2. The highest BCUT2D eigenvalue weighted by atomic mass is 32.2. The van der Waals surface area contributed by atoms with Gasteiger partial charge in [-0.05, 0) is 58.0 Å². The third-order valence-corrected chi connectivity index (χ3v) is 9.80. The quantitative estimate of drug-likeness (QED) is 0.294. The van der Waals surface area contributed by atoms with Crippen LogP contribution in [0.5, 0.6) is 0 Å². The van der Waals surface area contributed by atoms with Crippen molar-refractivity contribution in [2.45, 2.75) is 43.3 Å². The first kappa shape index (κ1) is 27.7. The number of aryl methyl sites for hydroxylation is 1. The molecule has 1 atom stereocenters. The van der Waals surface area contributed by atoms with Crippen molar-refractivity contribution < 1.29 is 27.9 Å². The van der Waals surface area contributed by atoms with Gasteiger partial charge >= 0.3 is 12.1 Å². The predicted octanol–water partition coefficient (Wildman–Crippen LogP) is 5.23. The number of hydrogen-bond donors (Lipinski definition) is 2. The van der Waals surface area contributed by atoms with Crippen LogP contribution in [0.25, 0.3) is 11.1 Å². The van der Waals surface area contributed by atoms with Crippen LogP contribution in [0.4, 0.5) is 4.79 Å². The van der Waals surface area contributed by atoms with E-state index in [1.807, 2.05) is 67.6 Å². The van der Waals surface area contributed by atoms with Crippen LogP contribution in [0, 0.1) is 6.92 Å². The molecule has 1 aliphatic carbocycles. The van der Waals surface area contributed by atoms with Crippen molar-refractivity contribution in [1.29, 1.82) is 0 Å². The van der Waals surface area contributed by atoms with Crippen LogP contribution in [-0.4, -0.2) is 42.5 Å². The lowest BCUT2D eigenvalue weighted by molar-refractivity contribution is -0.139. The maximum atomic E-state index is 13.2. The number of hydrogen-bond acceptors (Lipinski definition) is 5. The molecule has 214 valence electrons. The monoisotopic (exact) mass is 582 g/mol. The number of sulfonamides is 1. The lowest BCUT2D eigenvalue weighted by Gasteiger charge is -2.18. The number of carbonyl (C=O) groups is 2. The molecule has 0 radical (unpaired) electrons. The van der Waals surface area contributed by atoms with Crippen molar-refractivity contribution in [2.75, 3.05) is 6.61 Å². The van der Waals surface area contributed by atoms with E-state index in [2.05, 4.69) is 5.32 Å². The van der Waals surface area contributed by atoms with Gasteiger partial charge in [-0.1, -0.05) is 84.4 Å². The van der Waals surface area contributed by atoms with E-state index in [1.165, 1.54) is 4.31 Å². The Morgan fingerprint density at radius 3 is 2.17 bits per heavy atom. The average molecular weight is 583 g/mol. The molecule has 6 rings (SSSR count). The van der Waals surface area contributed by atoms with Gasteiger partial charge in [0.1, 0.15) is 12.6 Å². The summed E-state index contributed by atoms with van der Waals surface area (Å²) in [7, 11) is -3.67. The zero-order valence-corrected chi connectivity index (χ0v) is 23.8. The molecule has 0 spiro atoms. The minimum atomic E-state index is -3.67. The lowest BCUT2D eigenvalue weighted by Crippen LogP contribution is -2.42. The number of carbonyl (C=O) groups excluding carboxylic acids is 1. The van der Waals surface area contributed by atoms with Gasteiger partial charge in [0, 0.05) is 25.4 Å². The Bertz CT molecular complexity index is 1740. The van der Waals surface area contributed by atoms with Gasteiger partial charge < -0.3 is 15.2 Å². The fourth-order valence-electron chi connectivity index (χ4n) is 5.79. The van der Waals surface area contributed by atoms with Gasteiger partial charge in [0.2, 0.25) is 10.0 Å². The molecule has 0 saturated heterocycles. The number of fused-ring (bicyclic) bond motifs is 4. The number of rotatable bonds is 8. The van der Waals surface area contributed by atoms with Crippen LogP contribution < -0.4 is 5.32 Å². The van der Waals surface area contributed by atoms with Crippen molar-refractivity contribution in [2.24, 2.45) is 0 Å². The predicted molar refractivity (Wildman–Crippen MR) is 157 cm³/mol. The largest absolute Gasteiger partial charge is 0.480 e. The lowest BCUT2D eigenvalue weighted by atomic mass is 9.98. The molecule has 1 heterocycles. The summed E-state index contributed by atoms with van der Waals surface area (Å²) in [4.78, 5) is 25.1. The maximum Gasteiger partial charge on any atom is 0.407 e. The molecular formula is C33H30N2O6S. The van der Waals surface area contributed by atoms with Gasteiger partial charge in [-0.2, -0.15) is 4.31 Å². The van der Waals surface area contributed by atoms with E-state index in [0.29, 0.717) is 5.56 Å². The summed E-state index contributed by atoms with van der Waals surface area (Å²) in [5.74, 6) is -1.32. The summed E-state index contributed by atoms with van der Waals surface area (Å²) in [6.07, 6.45) is -0.780. The van der Waals surface area contributed by atoms with Crippen LogP contribution in [0.2, 0.25) is 0 Å². The summed E-state index contributed by atoms with van der Waals surface area (Å²) >= 11 is 0. The highest BCUT2D eigenvalue weighted by molar-refractivity contribution is 7.89. The molecule has 4 aromatic carbocycles. The first-order valence-electron chi connectivity index (χ1n) is 13.7. The number of benzene rings is 4. The molecule has 8 nitrogen and oxygen atoms in total. The second-order valence-electron chi connectivity index (χ2n) is 10.8. The summed E-state index contributed by atoms with van der Waals surface area (Å²) < 4.78 is 33.3. The van der Waals surface area contributed by atoms with Crippen molar-refractivity contribution in [1.82, 2.24) is 9.62 Å². The van der Waals surface area contributed by atoms with E-state index in [1.54, 1.807) is 30.3 Å². The Hall–Kier alpha value is -4.47. The number of nitrogens with one attached hydrogen (secondary N) is 1. The fraction of sp³-hybridized carbons (Fsp3) is 0.212. The second kappa shape index (κ2) is 11.1. The van der Waals surface area contributed by atoms with Crippen molar-refractivity contribution >= 4 is 22.1 Å². The highest BCUT2D eigenvalue weighted by Crippen LogP contribution is 2.44. The van der Waals surface area contributed by atoms with Crippen LogP contribution >= 0.6 is 0 Å². The van der Waals surface area contributed by atoms with Gasteiger partial charge in [0.15, 0.2) is 0 Å². The minimum absolute atomic E-state index is 0.0253. The normalized spacial score (nSPS) is 15.0. The molecule has 2 aliphatic rings. The molecule has 9 heteroatoms. The average Bonchev–Trinajstić information content (AvgIpc) is 3.55. The summed E-state index contributed by atoms with van der Waals surface area (Å²) in [5, 5.41) is 12.4.